The van der Waals surface area contributed by atoms with Crippen molar-refractivity contribution in [3.05, 3.63) is 67.0 Å². The molecule has 0 aromatic carbocycles. The van der Waals surface area contributed by atoms with Crippen LogP contribution in [0.3, 0.4) is 0 Å². The summed E-state index contributed by atoms with van der Waals surface area (Å²) in [6.07, 6.45) is 9.29. The molecule has 23 heavy (non-hydrogen) atoms. The number of aromatic nitrogens is 5. The van der Waals surface area contributed by atoms with Crippen molar-refractivity contribution >= 4 is 5.52 Å². The first-order valence-corrected chi connectivity index (χ1v) is 7.29. The van der Waals surface area contributed by atoms with Crippen LogP contribution < -0.4 is 4.74 Å². The van der Waals surface area contributed by atoms with Gasteiger partial charge >= 0.3 is 0 Å². The van der Waals surface area contributed by atoms with Gasteiger partial charge in [0.25, 0.3) is 0 Å². The van der Waals surface area contributed by atoms with Crippen molar-refractivity contribution < 1.29 is 4.74 Å². The molecule has 4 aromatic rings. The zero-order valence-electron chi connectivity index (χ0n) is 12.6. The van der Waals surface area contributed by atoms with Crippen molar-refractivity contribution in [2.45, 2.75) is 6.61 Å². The largest absolute Gasteiger partial charge is 0.485 e. The van der Waals surface area contributed by atoms with E-state index < -0.39 is 0 Å². The van der Waals surface area contributed by atoms with Gasteiger partial charge in [-0.3, -0.25) is 9.67 Å². The molecule has 0 N–H and O–H groups in total. The van der Waals surface area contributed by atoms with Crippen molar-refractivity contribution in [1.29, 1.82) is 0 Å². The van der Waals surface area contributed by atoms with Crippen molar-refractivity contribution in [2.75, 3.05) is 0 Å². The van der Waals surface area contributed by atoms with Crippen LogP contribution >= 0.6 is 0 Å². The molecule has 0 unspecified atom stereocenters. The van der Waals surface area contributed by atoms with Gasteiger partial charge < -0.3 is 4.74 Å². The number of hydrogen-bond acceptors (Lipinski definition) is 4. The van der Waals surface area contributed by atoms with E-state index in [9.17, 15) is 0 Å². The second-order valence-electron chi connectivity index (χ2n) is 5.27. The van der Waals surface area contributed by atoms with E-state index in [1.165, 1.54) is 0 Å². The predicted octanol–water partition coefficient (Wildman–Crippen LogP) is 2.71. The van der Waals surface area contributed by atoms with Gasteiger partial charge in [-0.25, -0.2) is 4.52 Å². The lowest BCUT2D eigenvalue weighted by atomic mass is 10.1. The van der Waals surface area contributed by atoms with Crippen LogP contribution in [0.2, 0.25) is 0 Å². The van der Waals surface area contributed by atoms with Crippen LogP contribution in [-0.4, -0.2) is 24.4 Å². The molecule has 0 aliphatic carbocycles. The zero-order valence-corrected chi connectivity index (χ0v) is 12.6. The third-order valence-corrected chi connectivity index (χ3v) is 3.61. The molecule has 0 spiro atoms. The Hall–Kier alpha value is -3.15. The fourth-order valence-corrected chi connectivity index (χ4v) is 2.48. The predicted molar refractivity (Wildman–Crippen MR) is 86.0 cm³/mol. The first kappa shape index (κ1) is 13.5. The van der Waals surface area contributed by atoms with E-state index >= 15 is 0 Å². The zero-order chi connectivity index (χ0) is 15.6. The molecule has 4 rings (SSSR count). The van der Waals surface area contributed by atoms with E-state index in [-0.39, 0.29) is 0 Å². The van der Waals surface area contributed by atoms with Crippen LogP contribution in [-0.2, 0) is 13.7 Å². The highest BCUT2D eigenvalue weighted by atomic mass is 16.5. The van der Waals surface area contributed by atoms with Gasteiger partial charge in [-0.05, 0) is 24.3 Å². The number of pyridine rings is 2. The molecule has 0 saturated carbocycles. The Morgan fingerprint density at radius 1 is 1.04 bits per heavy atom. The molecular weight excluding hydrogens is 290 g/mol. The van der Waals surface area contributed by atoms with E-state index in [1.54, 1.807) is 17.1 Å². The van der Waals surface area contributed by atoms with Gasteiger partial charge in [0.15, 0.2) is 0 Å². The number of nitrogens with zero attached hydrogens (tertiary/aromatic N) is 5. The molecule has 4 heterocycles. The highest BCUT2D eigenvalue weighted by molar-refractivity contribution is 5.70. The molecule has 0 radical (unpaired) electrons. The number of rotatable bonds is 4. The second-order valence-corrected chi connectivity index (χ2v) is 5.27. The summed E-state index contributed by atoms with van der Waals surface area (Å²) in [7, 11) is 1.90. The minimum absolute atomic E-state index is 0.415. The highest BCUT2D eigenvalue weighted by Gasteiger charge is 2.09. The Bertz CT molecular complexity index is 942. The SMILES string of the molecule is Cn1cc(-c2cc(OCc3ccccn3)c3ccnn3c2)cn1. The summed E-state index contributed by atoms with van der Waals surface area (Å²) in [5, 5.41) is 8.54. The fourth-order valence-electron chi connectivity index (χ4n) is 2.48. The van der Waals surface area contributed by atoms with Crippen molar-refractivity contribution in [3.63, 3.8) is 0 Å². The van der Waals surface area contributed by atoms with Crippen LogP contribution in [0.5, 0.6) is 5.75 Å². The Labute approximate surface area is 133 Å². The normalized spacial score (nSPS) is 11.0. The smallest absolute Gasteiger partial charge is 0.146 e. The molecule has 6 nitrogen and oxygen atoms in total. The number of aryl methyl sites for hydroxylation is 1. The maximum atomic E-state index is 5.98. The first-order chi connectivity index (χ1) is 11.3. The molecule has 0 bridgehead atoms. The Morgan fingerprint density at radius 3 is 2.78 bits per heavy atom. The van der Waals surface area contributed by atoms with Crippen molar-refractivity contribution in [1.82, 2.24) is 24.4 Å². The lowest BCUT2D eigenvalue weighted by Gasteiger charge is -2.09. The average molecular weight is 305 g/mol. The summed E-state index contributed by atoms with van der Waals surface area (Å²) < 4.78 is 9.57. The van der Waals surface area contributed by atoms with Crippen LogP contribution in [0.15, 0.2) is 61.3 Å². The molecule has 0 atom stereocenters. The van der Waals surface area contributed by atoms with Crippen molar-refractivity contribution in [3.8, 4) is 16.9 Å². The fraction of sp³-hybridized carbons (Fsp3) is 0.118. The van der Waals surface area contributed by atoms with E-state index in [0.717, 1.165) is 28.1 Å². The summed E-state index contributed by atoms with van der Waals surface area (Å²) in [6.45, 7) is 0.415. The van der Waals surface area contributed by atoms with Gasteiger partial charge in [0, 0.05) is 36.8 Å². The van der Waals surface area contributed by atoms with Gasteiger partial charge in [-0.2, -0.15) is 10.2 Å². The Morgan fingerprint density at radius 2 is 2.00 bits per heavy atom. The molecule has 0 amide bonds. The summed E-state index contributed by atoms with van der Waals surface area (Å²) in [5.41, 5.74) is 3.84. The lowest BCUT2D eigenvalue weighted by molar-refractivity contribution is 0.304. The number of ether oxygens (including phenoxy) is 1. The van der Waals surface area contributed by atoms with Crippen LogP contribution in [0.25, 0.3) is 16.6 Å². The standard InChI is InChI=1S/C17H15N5O/c1-21-10-14(9-20-21)13-8-17(16-5-7-19-22(16)11-13)23-12-15-4-2-3-6-18-15/h2-11H,12H2,1H3. The van der Waals surface area contributed by atoms with Gasteiger partial charge in [0.05, 0.1) is 18.1 Å². The summed E-state index contributed by atoms with van der Waals surface area (Å²) in [5.74, 6) is 0.773. The minimum atomic E-state index is 0.415. The van der Waals surface area contributed by atoms with Gasteiger partial charge in [-0.1, -0.05) is 6.07 Å². The van der Waals surface area contributed by atoms with Gasteiger partial charge in [-0.15, -0.1) is 0 Å². The molecule has 114 valence electrons. The lowest BCUT2D eigenvalue weighted by Crippen LogP contribution is -2.00. The molecule has 0 aliphatic heterocycles. The van der Waals surface area contributed by atoms with E-state index in [4.69, 9.17) is 4.74 Å². The number of hydrogen-bond donors (Lipinski definition) is 0. The monoisotopic (exact) mass is 305 g/mol. The van der Waals surface area contributed by atoms with E-state index in [1.807, 2.05) is 60.5 Å². The van der Waals surface area contributed by atoms with Crippen LogP contribution in [0, 0.1) is 0 Å². The topological polar surface area (TPSA) is 57.2 Å². The molecule has 4 aromatic heterocycles. The maximum absolute atomic E-state index is 5.98. The van der Waals surface area contributed by atoms with E-state index in [0.29, 0.717) is 6.61 Å². The van der Waals surface area contributed by atoms with Gasteiger partial charge in [0.1, 0.15) is 17.9 Å². The minimum Gasteiger partial charge on any atom is -0.485 e. The quantitative estimate of drug-likeness (QED) is 0.582. The van der Waals surface area contributed by atoms with Crippen molar-refractivity contribution in [2.24, 2.45) is 7.05 Å². The van der Waals surface area contributed by atoms with Crippen LogP contribution in [0.1, 0.15) is 5.69 Å². The summed E-state index contributed by atoms with van der Waals surface area (Å²) in [4.78, 5) is 4.28. The van der Waals surface area contributed by atoms with E-state index in [2.05, 4.69) is 15.2 Å². The Balaban J connectivity index is 1.71. The summed E-state index contributed by atoms with van der Waals surface area (Å²) >= 11 is 0. The highest BCUT2D eigenvalue weighted by Crippen LogP contribution is 2.28. The van der Waals surface area contributed by atoms with Crippen LogP contribution in [0.4, 0.5) is 0 Å². The molecular formula is C17H15N5O. The maximum Gasteiger partial charge on any atom is 0.146 e. The second kappa shape index (κ2) is 5.57. The molecule has 0 fully saturated rings. The number of fused-ring (bicyclic) bond motifs is 1. The summed E-state index contributed by atoms with van der Waals surface area (Å²) in [6, 6.07) is 9.73. The third-order valence-electron chi connectivity index (χ3n) is 3.61. The van der Waals surface area contributed by atoms with Gasteiger partial charge in [0.2, 0.25) is 0 Å². The Kier molecular flexibility index (Phi) is 3.27. The average Bonchev–Trinajstić information content (AvgIpc) is 3.22. The first-order valence-electron chi connectivity index (χ1n) is 7.29. The molecule has 0 saturated heterocycles. The molecule has 0 aliphatic rings. The molecule has 6 heteroatoms. The third kappa shape index (κ3) is 2.66.